The highest BCUT2D eigenvalue weighted by molar-refractivity contribution is 7.86. The Bertz CT molecular complexity index is 1020. The van der Waals surface area contributed by atoms with E-state index in [1.807, 2.05) is 38.1 Å². The van der Waals surface area contributed by atoms with Crippen LogP contribution < -0.4 is 15.5 Å². The van der Waals surface area contributed by atoms with Crippen molar-refractivity contribution in [2.24, 2.45) is 0 Å². The second kappa shape index (κ2) is 11.7. The molecule has 0 saturated heterocycles. The SMILES string of the molecule is Cc1ccc(NC(=O)CS(=O)CC(=O)N(CC(=O)NC2CCCC2)c2ccccc2C)cc1. The zero-order valence-corrected chi connectivity index (χ0v) is 20.0. The van der Waals surface area contributed by atoms with E-state index in [1.165, 1.54) is 4.90 Å². The Morgan fingerprint density at radius 2 is 1.61 bits per heavy atom. The number of aryl methyl sites for hydroxylation is 2. The molecular weight excluding hydrogens is 438 g/mol. The van der Waals surface area contributed by atoms with Crippen molar-refractivity contribution < 1.29 is 18.6 Å². The van der Waals surface area contributed by atoms with E-state index in [1.54, 1.807) is 24.3 Å². The van der Waals surface area contributed by atoms with Crippen molar-refractivity contribution in [3.05, 3.63) is 59.7 Å². The molecule has 0 bridgehead atoms. The third-order valence-electron chi connectivity index (χ3n) is 5.64. The fourth-order valence-corrected chi connectivity index (χ4v) is 4.81. The molecule has 33 heavy (non-hydrogen) atoms. The van der Waals surface area contributed by atoms with Gasteiger partial charge in [-0.2, -0.15) is 0 Å². The molecule has 2 aromatic carbocycles. The van der Waals surface area contributed by atoms with Crippen molar-refractivity contribution in [3.63, 3.8) is 0 Å². The highest BCUT2D eigenvalue weighted by Crippen LogP contribution is 2.21. The molecule has 1 fully saturated rings. The maximum absolute atomic E-state index is 13.1. The number of hydrogen-bond acceptors (Lipinski definition) is 4. The molecule has 1 aliphatic carbocycles. The largest absolute Gasteiger partial charge is 0.352 e. The first-order chi connectivity index (χ1) is 15.8. The monoisotopic (exact) mass is 469 g/mol. The van der Waals surface area contributed by atoms with E-state index >= 15 is 0 Å². The summed E-state index contributed by atoms with van der Waals surface area (Å²) in [5.41, 5.74) is 3.11. The molecule has 0 heterocycles. The maximum Gasteiger partial charge on any atom is 0.240 e. The molecule has 2 aromatic rings. The molecule has 3 amide bonds. The Hall–Kier alpha value is -3.00. The summed E-state index contributed by atoms with van der Waals surface area (Å²) in [7, 11) is -1.71. The summed E-state index contributed by atoms with van der Waals surface area (Å²) in [5, 5.41) is 5.69. The number of amides is 3. The van der Waals surface area contributed by atoms with Gasteiger partial charge in [0, 0.05) is 28.2 Å². The van der Waals surface area contributed by atoms with Gasteiger partial charge in [-0.1, -0.05) is 48.7 Å². The molecule has 2 N–H and O–H groups in total. The number of nitrogens with zero attached hydrogens (tertiary/aromatic N) is 1. The predicted octanol–water partition coefficient (Wildman–Crippen LogP) is 3.08. The summed E-state index contributed by atoms with van der Waals surface area (Å²) in [5.74, 6) is -1.75. The lowest BCUT2D eigenvalue weighted by Gasteiger charge is -2.25. The van der Waals surface area contributed by atoms with Crippen LogP contribution in [0.2, 0.25) is 0 Å². The molecule has 1 atom stereocenters. The molecule has 7 nitrogen and oxygen atoms in total. The zero-order valence-electron chi connectivity index (χ0n) is 19.1. The second-order valence-electron chi connectivity index (χ2n) is 8.46. The van der Waals surface area contributed by atoms with Gasteiger partial charge in [-0.15, -0.1) is 0 Å². The minimum Gasteiger partial charge on any atom is -0.352 e. The molecule has 1 saturated carbocycles. The molecule has 0 radical (unpaired) electrons. The van der Waals surface area contributed by atoms with Crippen molar-refractivity contribution >= 4 is 39.9 Å². The summed E-state index contributed by atoms with van der Waals surface area (Å²) in [6, 6.07) is 14.7. The summed E-state index contributed by atoms with van der Waals surface area (Å²) >= 11 is 0. The van der Waals surface area contributed by atoms with E-state index in [9.17, 15) is 18.6 Å². The Labute approximate surface area is 197 Å². The van der Waals surface area contributed by atoms with Gasteiger partial charge in [-0.3, -0.25) is 18.6 Å². The number of hydrogen-bond donors (Lipinski definition) is 2. The van der Waals surface area contributed by atoms with Crippen molar-refractivity contribution in [1.82, 2.24) is 5.32 Å². The quantitative estimate of drug-likeness (QED) is 0.590. The number of rotatable bonds is 9. The van der Waals surface area contributed by atoms with E-state index in [0.29, 0.717) is 11.4 Å². The molecule has 0 aromatic heterocycles. The number of benzene rings is 2. The van der Waals surface area contributed by atoms with E-state index < -0.39 is 22.6 Å². The van der Waals surface area contributed by atoms with Crippen molar-refractivity contribution in [1.29, 1.82) is 0 Å². The topological polar surface area (TPSA) is 95.6 Å². The number of para-hydroxylation sites is 1. The number of nitrogens with one attached hydrogen (secondary N) is 2. The van der Waals surface area contributed by atoms with Gasteiger partial charge in [-0.05, 0) is 50.5 Å². The van der Waals surface area contributed by atoms with Crippen LogP contribution in [-0.4, -0.2) is 46.0 Å². The molecule has 3 rings (SSSR count). The minimum absolute atomic E-state index is 0.144. The fourth-order valence-electron chi connectivity index (χ4n) is 3.91. The molecular formula is C25H31N3O4S. The Kier molecular flexibility index (Phi) is 8.77. The minimum atomic E-state index is -1.71. The number of carbonyl (C=O) groups excluding carboxylic acids is 3. The van der Waals surface area contributed by atoms with Gasteiger partial charge in [0.2, 0.25) is 17.7 Å². The third kappa shape index (κ3) is 7.53. The molecule has 0 aliphatic heterocycles. The lowest BCUT2D eigenvalue weighted by Crippen LogP contribution is -2.45. The van der Waals surface area contributed by atoms with Gasteiger partial charge in [0.15, 0.2) is 0 Å². The van der Waals surface area contributed by atoms with Crippen LogP contribution in [-0.2, 0) is 25.2 Å². The first-order valence-electron chi connectivity index (χ1n) is 11.2. The van der Waals surface area contributed by atoms with Crippen LogP contribution in [0.4, 0.5) is 11.4 Å². The van der Waals surface area contributed by atoms with Crippen molar-refractivity contribution in [2.45, 2.75) is 45.6 Å². The average molecular weight is 470 g/mol. The molecule has 1 unspecified atom stereocenters. The normalized spacial score (nSPS) is 14.5. The number of carbonyl (C=O) groups is 3. The van der Waals surface area contributed by atoms with Crippen LogP contribution in [0.1, 0.15) is 36.8 Å². The smallest absolute Gasteiger partial charge is 0.240 e. The number of anilines is 2. The first-order valence-corrected chi connectivity index (χ1v) is 12.7. The summed E-state index contributed by atoms with van der Waals surface area (Å²) < 4.78 is 12.6. The Balaban J connectivity index is 1.62. The van der Waals surface area contributed by atoms with Gasteiger partial charge >= 0.3 is 0 Å². The second-order valence-corrected chi connectivity index (χ2v) is 9.91. The van der Waals surface area contributed by atoms with E-state index in [2.05, 4.69) is 10.6 Å². The van der Waals surface area contributed by atoms with Gasteiger partial charge in [0.05, 0.1) is 0 Å². The maximum atomic E-state index is 13.1. The highest BCUT2D eigenvalue weighted by atomic mass is 32.2. The third-order valence-corrected chi connectivity index (χ3v) is 6.79. The lowest BCUT2D eigenvalue weighted by molar-refractivity contribution is -0.123. The van der Waals surface area contributed by atoms with Crippen LogP contribution >= 0.6 is 0 Å². The van der Waals surface area contributed by atoms with Gasteiger partial charge in [0.1, 0.15) is 18.1 Å². The summed E-state index contributed by atoms with van der Waals surface area (Å²) in [4.78, 5) is 39.4. The summed E-state index contributed by atoms with van der Waals surface area (Å²) in [6.45, 7) is 3.66. The van der Waals surface area contributed by atoms with Gasteiger partial charge in [0.25, 0.3) is 0 Å². The van der Waals surface area contributed by atoms with Crippen LogP contribution in [0.3, 0.4) is 0 Å². The van der Waals surface area contributed by atoms with Crippen molar-refractivity contribution in [3.8, 4) is 0 Å². The fraction of sp³-hybridized carbons (Fsp3) is 0.400. The van der Waals surface area contributed by atoms with Gasteiger partial charge < -0.3 is 15.5 Å². The zero-order chi connectivity index (χ0) is 23.8. The van der Waals surface area contributed by atoms with Crippen LogP contribution in [0, 0.1) is 13.8 Å². The van der Waals surface area contributed by atoms with E-state index in [4.69, 9.17) is 0 Å². The predicted molar refractivity (Wildman–Crippen MR) is 132 cm³/mol. The first kappa shape index (κ1) is 24.6. The lowest BCUT2D eigenvalue weighted by atomic mass is 10.1. The molecule has 176 valence electrons. The van der Waals surface area contributed by atoms with E-state index in [-0.39, 0.29) is 30.0 Å². The van der Waals surface area contributed by atoms with Crippen LogP contribution in [0.25, 0.3) is 0 Å². The van der Waals surface area contributed by atoms with Crippen LogP contribution in [0.5, 0.6) is 0 Å². The molecule has 8 heteroatoms. The van der Waals surface area contributed by atoms with Crippen molar-refractivity contribution in [2.75, 3.05) is 28.3 Å². The van der Waals surface area contributed by atoms with Gasteiger partial charge in [-0.25, -0.2) is 0 Å². The standard InChI is InChI=1S/C25H31N3O4S/c1-18-11-13-21(14-12-18)27-24(30)16-33(32)17-25(31)28(22-10-6-3-7-19(22)2)15-23(29)26-20-8-4-5-9-20/h3,6-7,10-14,20H,4-5,8-9,15-17H2,1-2H3,(H,26,29)(H,27,30). The Morgan fingerprint density at radius 3 is 2.27 bits per heavy atom. The Morgan fingerprint density at radius 1 is 0.939 bits per heavy atom. The summed E-state index contributed by atoms with van der Waals surface area (Å²) in [6.07, 6.45) is 4.08. The van der Waals surface area contributed by atoms with E-state index in [0.717, 1.165) is 36.8 Å². The van der Waals surface area contributed by atoms with Crippen LogP contribution in [0.15, 0.2) is 48.5 Å². The molecule has 1 aliphatic rings. The molecule has 0 spiro atoms. The average Bonchev–Trinajstić information content (AvgIpc) is 3.27. The highest BCUT2D eigenvalue weighted by Gasteiger charge is 2.25.